The number of aliphatic imine (C=N–C) groups is 1. The summed E-state index contributed by atoms with van der Waals surface area (Å²) in [5, 5.41) is 24.7. The van der Waals surface area contributed by atoms with Crippen LogP contribution in [0.1, 0.15) is 45.1 Å². The number of fused-ring (bicyclic) bond motifs is 2. The van der Waals surface area contributed by atoms with E-state index in [0.29, 0.717) is 48.7 Å². The van der Waals surface area contributed by atoms with Crippen LogP contribution in [0.4, 0.5) is 0 Å². The van der Waals surface area contributed by atoms with Gasteiger partial charge in [0.05, 0.1) is 12.7 Å². The molecule has 1 fully saturated rings. The number of nitrogens with one attached hydrogen (secondary N) is 1. The maximum atomic E-state index is 11.8. The van der Waals surface area contributed by atoms with E-state index in [2.05, 4.69) is 23.3 Å². The third-order valence-electron chi connectivity index (χ3n) is 7.57. The zero-order chi connectivity index (χ0) is 24.9. The van der Waals surface area contributed by atoms with Gasteiger partial charge in [0.15, 0.2) is 17.5 Å². The SMILES string of the molecule is CN=C(N)NC[C@H]1C[C@H]2C[C@H](C=C[C@@]2(O)C[C@@H](CCc2ccc(O)c(OC)c2)OC(C)=O)[C@@H]1C. The fourth-order valence-electron chi connectivity index (χ4n) is 5.48. The second kappa shape index (κ2) is 11.1. The Morgan fingerprint density at radius 2 is 2.15 bits per heavy atom. The van der Waals surface area contributed by atoms with Crippen LogP contribution >= 0.6 is 0 Å². The van der Waals surface area contributed by atoms with Gasteiger partial charge >= 0.3 is 5.97 Å². The molecule has 6 atom stereocenters. The number of carbonyl (C=O) groups is 1. The molecule has 188 valence electrons. The summed E-state index contributed by atoms with van der Waals surface area (Å²) >= 11 is 0. The predicted molar refractivity (Wildman–Crippen MR) is 132 cm³/mol. The maximum Gasteiger partial charge on any atom is 0.302 e. The van der Waals surface area contributed by atoms with Crippen LogP contribution in [0.5, 0.6) is 11.5 Å². The summed E-state index contributed by atoms with van der Waals surface area (Å²) in [6, 6.07) is 5.21. The number of methoxy groups -OCH3 is 1. The number of phenols is 1. The highest BCUT2D eigenvalue weighted by atomic mass is 16.5. The van der Waals surface area contributed by atoms with Crippen LogP contribution in [0.3, 0.4) is 0 Å². The van der Waals surface area contributed by atoms with Crippen molar-refractivity contribution in [2.75, 3.05) is 20.7 Å². The quantitative estimate of drug-likeness (QED) is 0.188. The Bertz CT molecular complexity index is 918. The molecule has 8 heteroatoms. The Kier molecular flexibility index (Phi) is 8.47. The highest BCUT2D eigenvalue weighted by Gasteiger charge is 2.47. The van der Waals surface area contributed by atoms with Gasteiger partial charge in [-0.05, 0) is 67.1 Å². The van der Waals surface area contributed by atoms with Crippen molar-refractivity contribution >= 4 is 11.9 Å². The van der Waals surface area contributed by atoms with Crippen molar-refractivity contribution in [2.45, 2.75) is 57.7 Å². The maximum absolute atomic E-state index is 11.8. The Morgan fingerprint density at radius 1 is 1.38 bits per heavy atom. The number of aryl methyl sites for hydroxylation is 1. The molecule has 2 aliphatic rings. The number of benzene rings is 1. The van der Waals surface area contributed by atoms with E-state index >= 15 is 0 Å². The van der Waals surface area contributed by atoms with Gasteiger partial charge < -0.3 is 30.7 Å². The third-order valence-corrected chi connectivity index (χ3v) is 7.57. The highest BCUT2D eigenvalue weighted by molar-refractivity contribution is 5.77. The van der Waals surface area contributed by atoms with Crippen molar-refractivity contribution in [1.29, 1.82) is 0 Å². The lowest BCUT2D eigenvalue weighted by molar-refractivity contribution is -0.151. The van der Waals surface area contributed by atoms with Gasteiger partial charge in [-0.15, -0.1) is 0 Å². The molecule has 8 nitrogen and oxygen atoms in total. The number of phenolic OH excluding ortho intramolecular Hbond substituents is 1. The van der Waals surface area contributed by atoms with Gasteiger partial charge in [-0.2, -0.15) is 0 Å². The number of hydrogen-bond acceptors (Lipinski definition) is 6. The molecule has 0 heterocycles. The number of nitrogens with zero attached hydrogens (tertiary/aromatic N) is 1. The number of ether oxygens (including phenoxy) is 2. The van der Waals surface area contributed by atoms with Crippen molar-refractivity contribution in [3.05, 3.63) is 35.9 Å². The number of guanidine groups is 1. The summed E-state index contributed by atoms with van der Waals surface area (Å²) in [5.41, 5.74) is 5.76. The summed E-state index contributed by atoms with van der Waals surface area (Å²) in [6.45, 7) is 4.38. The summed E-state index contributed by atoms with van der Waals surface area (Å²) < 4.78 is 10.8. The molecule has 0 amide bonds. The number of nitrogens with two attached hydrogens (primary N) is 1. The first-order chi connectivity index (χ1) is 16.1. The first-order valence-electron chi connectivity index (χ1n) is 12.1. The lowest BCUT2D eigenvalue weighted by Gasteiger charge is -2.49. The number of carbonyl (C=O) groups excluding carboxylic acids is 1. The van der Waals surface area contributed by atoms with Crippen LogP contribution in [-0.4, -0.2) is 54.5 Å². The molecule has 1 saturated carbocycles. The number of aliphatic hydroxyl groups is 1. The van der Waals surface area contributed by atoms with Gasteiger partial charge in [0, 0.05) is 26.9 Å². The van der Waals surface area contributed by atoms with Gasteiger partial charge in [0.2, 0.25) is 0 Å². The molecule has 34 heavy (non-hydrogen) atoms. The van der Waals surface area contributed by atoms with Crippen molar-refractivity contribution in [2.24, 2.45) is 34.4 Å². The molecule has 2 aliphatic carbocycles. The van der Waals surface area contributed by atoms with E-state index in [1.165, 1.54) is 14.0 Å². The van der Waals surface area contributed by atoms with Gasteiger partial charge in [-0.3, -0.25) is 9.79 Å². The average Bonchev–Trinajstić information content (AvgIpc) is 2.80. The third kappa shape index (κ3) is 6.23. The smallest absolute Gasteiger partial charge is 0.302 e. The van der Waals surface area contributed by atoms with E-state index < -0.39 is 11.7 Å². The number of hydrogen-bond donors (Lipinski definition) is 4. The van der Waals surface area contributed by atoms with E-state index in [4.69, 9.17) is 15.2 Å². The van der Waals surface area contributed by atoms with Gasteiger partial charge in [-0.1, -0.05) is 25.1 Å². The molecule has 0 spiro atoms. The number of esters is 1. The number of rotatable bonds is 9. The Balaban J connectivity index is 1.71. The monoisotopic (exact) mass is 473 g/mol. The lowest BCUT2D eigenvalue weighted by atomic mass is 9.59. The van der Waals surface area contributed by atoms with Gasteiger partial charge in [0.1, 0.15) is 6.10 Å². The Hall–Kier alpha value is -2.74. The average molecular weight is 474 g/mol. The highest BCUT2D eigenvalue weighted by Crippen LogP contribution is 2.48. The van der Waals surface area contributed by atoms with Crippen molar-refractivity contribution in [1.82, 2.24) is 5.32 Å². The van der Waals surface area contributed by atoms with Crippen molar-refractivity contribution in [3.8, 4) is 11.5 Å². The molecule has 0 aromatic heterocycles. The summed E-state index contributed by atoms with van der Waals surface area (Å²) in [5.74, 6) is 1.88. The van der Waals surface area contributed by atoms with Crippen molar-refractivity contribution in [3.63, 3.8) is 0 Å². The van der Waals surface area contributed by atoms with Crippen LogP contribution in [0.2, 0.25) is 0 Å². The molecule has 0 aliphatic heterocycles. The minimum absolute atomic E-state index is 0.0807. The molecular formula is C26H39N3O5. The molecule has 1 aromatic rings. The zero-order valence-corrected chi connectivity index (χ0v) is 20.7. The molecule has 0 saturated heterocycles. The van der Waals surface area contributed by atoms with E-state index in [1.807, 2.05) is 12.1 Å². The lowest BCUT2D eigenvalue weighted by Crippen LogP contribution is -2.50. The largest absolute Gasteiger partial charge is 0.504 e. The summed E-state index contributed by atoms with van der Waals surface area (Å²) in [6.07, 6.45) is 6.97. The second-order valence-corrected chi connectivity index (χ2v) is 9.77. The predicted octanol–water partition coefficient (Wildman–Crippen LogP) is 2.77. The molecule has 2 bridgehead atoms. The van der Waals surface area contributed by atoms with Crippen molar-refractivity contribution < 1.29 is 24.5 Å². The number of allylic oxidation sites excluding steroid dienone is 1. The topological polar surface area (TPSA) is 126 Å². The molecular weight excluding hydrogens is 434 g/mol. The summed E-state index contributed by atoms with van der Waals surface area (Å²) in [7, 11) is 3.17. The Labute approximate surface area is 202 Å². The molecule has 0 unspecified atom stereocenters. The van der Waals surface area contributed by atoms with Crippen LogP contribution in [0.15, 0.2) is 35.3 Å². The fraction of sp³-hybridized carbons (Fsp3) is 0.615. The van der Waals surface area contributed by atoms with Gasteiger partial charge in [0.25, 0.3) is 0 Å². The minimum Gasteiger partial charge on any atom is -0.504 e. The minimum atomic E-state index is -1.04. The zero-order valence-electron chi connectivity index (χ0n) is 20.7. The van der Waals surface area contributed by atoms with Gasteiger partial charge in [-0.25, -0.2) is 0 Å². The summed E-state index contributed by atoms with van der Waals surface area (Å²) in [4.78, 5) is 15.8. The first kappa shape index (κ1) is 25.9. The fourth-order valence-corrected chi connectivity index (χ4v) is 5.48. The first-order valence-corrected chi connectivity index (χ1v) is 12.1. The molecule has 5 N–H and O–H groups in total. The number of aromatic hydroxyl groups is 1. The standard InChI is InChI=1S/C26H39N3O5/c1-16-19-9-10-26(32,21(12-19)13-20(16)15-29-25(27)28-3)14-22(34-17(2)30)7-5-18-6-8-23(31)24(11-18)33-4/h6,8-11,16,19-22,31-32H,5,7,12-15H2,1-4H3,(H3,27,28,29)/t16-,19-,20+,21+,22+,26+/m0/s1. The molecule has 1 aromatic carbocycles. The van der Waals surface area contributed by atoms with Crippen LogP contribution in [0, 0.1) is 23.7 Å². The normalized spacial score (nSPS) is 29.4. The van der Waals surface area contributed by atoms with E-state index in [1.54, 1.807) is 19.2 Å². The Morgan fingerprint density at radius 3 is 2.82 bits per heavy atom. The van der Waals surface area contributed by atoms with Crippen LogP contribution in [0.25, 0.3) is 0 Å². The van der Waals surface area contributed by atoms with Crippen LogP contribution < -0.4 is 15.8 Å². The molecule has 0 radical (unpaired) electrons. The van der Waals surface area contributed by atoms with E-state index in [9.17, 15) is 15.0 Å². The van der Waals surface area contributed by atoms with E-state index in [0.717, 1.165) is 24.9 Å². The van der Waals surface area contributed by atoms with E-state index in [-0.39, 0.29) is 17.6 Å². The second-order valence-electron chi connectivity index (χ2n) is 9.77. The van der Waals surface area contributed by atoms with Crippen LogP contribution in [-0.2, 0) is 16.0 Å². The molecule has 3 rings (SSSR count).